The molecule has 4 heteroatoms. The Kier molecular flexibility index (Phi) is 2.71. The van der Waals surface area contributed by atoms with Gasteiger partial charge in [-0.05, 0) is 36.8 Å². The number of fused-ring (bicyclic) bond motifs is 1. The third-order valence-corrected chi connectivity index (χ3v) is 3.32. The van der Waals surface area contributed by atoms with Crippen molar-refractivity contribution in [3.05, 3.63) is 58.4 Å². The van der Waals surface area contributed by atoms with Crippen LogP contribution in [0.25, 0.3) is 22.1 Å². The van der Waals surface area contributed by atoms with Gasteiger partial charge in [0.05, 0.1) is 10.9 Å². The second kappa shape index (κ2) is 4.42. The van der Waals surface area contributed by atoms with Gasteiger partial charge in [0.1, 0.15) is 23.3 Å². The standard InChI is InChI=1S/C16H12O4/c1-9-14(18)6-5-12-15(19)13(8-20-16(9)12)10-3-2-4-11(17)7-10/h2-8,17-18H,1H3. The Morgan fingerprint density at radius 3 is 2.65 bits per heavy atom. The smallest absolute Gasteiger partial charge is 0.200 e. The number of phenolic OH excluding ortho intramolecular Hbond substituents is 2. The average Bonchev–Trinajstić information content (AvgIpc) is 2.43. The fourth-order valence-electron chi connectivity index (χ4n) is 2.20. The molecule has 0 unspecified atom stereocenters. The van der Waals surface area contributed by atoms with Crippen molar-refractivity contribution in [2.75, 3.05) is 0 Å². The van der Waals surface area contributed by atoms with Gasteiger partial charge in [-0.15, -0.1) is 0 Å². The van der Waals surface area contributed by atoms with E-state index in [9.17, 15) is 15.0 Å². The topological polar surface area (TPSA) is 70.7 Å². The SMILES string of the molecule is Cc1c(O)ccc2c(=O)c(-c3cccc(O)c3)coc12. The Hall–Kier alpha value is -2.75. The van der Waals surface area contributed by atoms with Crippen molar-refractivity contribution in [1.29, 1.82) is 0 Å². The molecule has 1 aromatic heterocycles. The molecule has 0 radical (unpaired) electrons. The minimum atomic E-state index is -0.194. The van der Waals surface area contributed by atoms with Gasteiger partial charge in [0.15, 0.2) is 0 Å². The summed E-state index contributed by atoms with van der Waals surface area (Å²) in [6.07, 6.45) is 1.35. The van der Waals surface area contributed by atoms with Crippen molar-refractivity contribution in [2.24, 2.45) is 0 Å². The summed E-state index contributed by atoms with van der Waals surface area (Å²) in [6.45, 7) is 1.69. The zero-order valence-corrected chi connectivity index (χ0v) is 10.8. The van der Waals surface area contributed by atoms with Crippen LogP contribution >= 0.6 is 0 Å². The van der Waals surface area contributed by atoms with E-state index < -0.39 is 0 Å². The number of aromatic hydroxyl groups is 2. The van der Waals surface area contributed by atoms with Crippen molar-refractivity contribution < 1.29 is 14.6 Å². The molecule has 0 fully saturated rings. The molecule has 2 N–H and O–H groups in total. The van der Waals surface area contributed by atoms with E-state index in [1.165, 1.54) is 30.5 Å². The van der Waals surface area contributed by atoms with Gasteiger partial charge in [-0.3, -0.25) is 4.79 Å². The van der Waals surface area contributed by atoms with Crippen LogP contribution in [0.3, 0.4) is 0 Å². The Balaban J connectivity index is 2.33. The van der Waals surface area contributed by atoms with Gasteiger partial charge in [0.25, 0.3) is 0 Å². The highest BCUT2D eigenvalue weighted by molar-refractivity contribution is 5.85. The summed E-state index contributed by atoms with van der Waals surface area (Å²) in [5.41, 5.74) is 1.67. The Bertz CT molecular complexity index is 862. The number of hydrogen-bond acceptors (Lipinski definition) is 4. The summed E-state index contributed by atoms with van der Waals surface area (Å²) in [4.78, 5) is 12.5. The maximum atomic E-state index is 12.5. The number of benzene rings is 2. The molecule has 0 aliphatic carbocycles. The Labute approximate surface area is 114 Å². The number of rotatable bonds is 1. The van der Waals surface area contributed by atoms with E-state index in [0.29, 0.717) is 27.7 Å². The summed E-state index contributed by atoms with van der Waals surface area (Å²) in [5.74, 6) is 0.176. The molecular formula is C16H12O4. The quantitative estimate of drug-likeness (QED) is 0.711. The highest BCUT2D eigenvalue weighted by Crippen LogP contribution is 2.27. The van der Waals surface area contributed by atoms with Crippen molar-refractivity contribution in [2.45, 2.75) is 6.92 Å². The van der Waals surface area contributed by atoms with E-state index in [2.05, 4.69) is 0 Å². The molecular weight excluding hydrogens is 256 g/mol. The van der Waals surface area contributed by atoms with Crippen LogP contribution in [-0.4, -0.2) is 10.2 Å². The van der Waals surface area contributed by atoms with Crippen molar-refractivity contribution in [1.82, 2.24) is 0 Å². The van der Waals surface area contributed by atoms with E-state index in [0.717, 1.165) is 0 Å². The van der Waals surface area contributed by atoms with Crippen molar-refractivity contribution in [3.8, 4) is 22.6 Å². The van der Waals surface area contributed by atoms with Gasteiger partial charge < -0.3 is 14.6 Å². The minimum Gasteiger partial charge on any atom is -0.508 e. The monoisotopic (exact) mass is 268 g/mol. The predicted molar refractivity (Wildman–Crippen MR) is 76.0 cm³/mol. The second-order valence-corrected chi connectivity index (χ2v) is 4.62. The van der Waals surface area contributed by atoms with E-state index >= 15 is 0 Å². The highest BCUT2D eigenvalue weighted by Gasteiger charge is 2.12. The van der Waals surface area contributed by atoms with Crippen LogP contribution in [-0.2, 0) is 0 Å². The maximum absolute atomic E-state index is 12.5. The molecule has 0 atom stereocenters. The zero-order chi connectivity index (χ0) is 14.3. The molecule has 0 aliphatic heterocycles. The number of hydrogen-bond donors (Lipinski definition) is 2. The second-order valence-electron chi connectivity index (χ2n) is 4.62. The fraction of sp³-hybridized carbons (Fsp3) is 0.0625. The van der Waals surface area contributed by atoms with Crippen LogP contribution in [0.2, 0.25) is 0 Å². The molecule has 0 amide bonds. The first-order chi connectivity index (χ1) is 9.58. The molecule has 0 bridgehead atoms. The Morgan fingerprint density at radius 1 is 1.10 bits per heavy atom. The van der Waals surface area contributed by atoms with Crippen LogP contribution in [0.4, 0.5) is 0 Å². The molecule has 1 heterocycles. The summed E-state index contributed by atoms with van der Waals surface area (Å²) in [7, 11) is 0. The summed E-state index contributed by atoms with van der Waals surface area (Å²) < 4.78 is 5.49. The van der Waals surface area contributed by atoms with Gasteiger partial charge >= 0.3 is 0 Å². The van der Waals surface area contributed by atoms with E-state index in [1.54, 1.807) is 19.1 Å². The first-order valence-corrected chi connectivity index (χ1v) is 6.11. The number of aryl methyl sites for hydroxylation is 1. The zero-order valence-electron chi connectivity index (χ0n) is 10.8. The lowest BCUT2D eigenvalue weighted by atomic mass is 10.0. The number of phenols is 2. The van der Waals surface area contributed by atoms with Gasteiger partial charge in [-0.25, -0.2) is 0 Å². The van der Waals surface area contributed by atoms with Crippen LogP contribution in [0.1, 0.15) is 5.56 Å². The van der Waals surface area contributed by atoms with Crippen molar-refractivity contribution in [3.63, 3.8) is 0 Å². The van der Waals surface area contributed by atoms with Gasteiger partial charge in [0.2, 0.25) is 5.43 Å². The molecule has 0 saturated carbocycles. The molecule has 100 valence electrons. The predicted octanol–water partition coefficient (Wildman–Crippen LogP) is 3.18. The lowest BCUT2D eigenvalue weighted by Crippen LogP contribution is -2.05. The maximum Gasteiger partial charge on any atom is 0.200 e. The summed E-state index contributed by atoms with van der Waals surface area (Å²) in [6, 6.07) is 9.44. The lowest BCUT2D eigenvalue weighted by Gasteiger charge is -2.06. The summed E-state index contributed by atoms with van der Waals surface area (Å²) >= 11 is 0. The molecule has 0 saturated heterocycles. The van der Waals surface area contributed by atoms with Gasteiger partial charge in [-0.2, -0.15) is 0 Å². The van der Waals surface area contributed by atoms with Crippen LogP contribution in [0.15, 0.2) is 51.9 Å². The van der Waals surface area contributed by atoms with E-state index in [4.69, 9.17) is 4.42 Å². The summed E-state index contributed by atoms with van der Waals surface area (Å²) in [5, 5.41) is 19.5. The van der Waals surface area contributed by atoms with Crippen LogP contribution < -0.4 is 5.43 Å². The lowest BCUT2D eigenvalue weighted by molar-refractivity contribution is 0.469. The van der Waals surface area contributed by atoms with Gasteiger partial charge in [0, 0.05) is 5.56 Å². The normalized spacial score (nSPS) is 10.8. The fourth-order valence-corrected chi connectivity index (χ4v) is 2.20. The third-order valence-electron chi connectivity index (χ3n) is 3.32. The third kappa shape index (κ3) is 1.82. The van der Waals surface area contributed by atoms with Crippen LogP contribution in [0, 0.1) is 6.92 Å². The van der Waals surface area contributed by atoms with Crippen LogP contribution in [0.5, 0.6) is 11.5 Å². The molecule has 3 aromatic rings. The minimum absolute atomic E-state index is 0.0869. The first-order valence-electron chi connectivity index (χ1n) is 6.11. The molecule has 4 nitrogen and oxygen atoms in total. The molecule has 20 heavy (non-hydrogen) atoms. The van der Waals surface area contributed by atoms with Crippen molar-refractivity contribution >= 4 is 11.0 Å². The highest BCUT2D eigenvalue weighted by atomic mass is 16.3. The molecule has 3 rings (SSSR count). The Morgan fingerprint density at radius 2 is 1.90 bits per heavy atom. The largest absolute Gasteiger partial charge is 0.508 e. The average molecular weight is 268 g/mol. The first kappa shape index (κ1) is 12.3. The molecule has 2 aromatic carbocycles. The molecule has 0 aliphatic rings. The van der Waals surface area contributed by atoms with E-state index in [1.807, 2.05) is 0 Å². The van der Waals surface area contributed by atoms with Gasteiger partial charge in [-0.1, -0.05) is 12.1 Å². The van der Waals surface area contributed by atoms with E-state index in [-0.39, 0.29) is 16.9 Å². The molecule has 0 spiro atoms.